The van der Waals surface area contributed by atoms with Crippen LogP contribution in [0.5, 0.6) is 0 Å². The number of carboxylic acids is 1. The van der Waals surface area contributed by atoms with Crippen LogP contribution in [0.2, 0.25) is 0 Å². The van der Waals surface area contributed by atoms with E-state index in [1.54, 1.807) is 63.2 Å². The molecule has 1 unspecified atom stereocenters. The summed E-state index contributed by atoms with van der Waals surface area (Å²) in [5, 5.41) is 18.8. The molecule has 0 saturated carbocycles. The number of halogens is 2. The van der Waals surface area contributed by atoms with Gasteiger partial charge >= 0.3 is 18.1 Å². The Morgan fingerprint density at radius 3 is 2.32 bits per heavy atom. The first-order chi connectivity index (χ1) is 22.4. The number of aromatic nitrogens is 2. The SMILES string of the molecule is CC(C)(C)OC(=O)Nc1ccc(-c2nc(-c3ccc(CC(NC(=O)N4CCN(c5ccccc5F)CC4)C(=O)O)cc3F)no2)cc1. The number of nitrogens with zero attached hydrogens (tertiary/aromatic N) is 4. The lowest BCUT2D eigenvalue weighted by molar-refractivity contribution is -0.139. The Bertz CT molecular complexity index is 1750. The minimum Gasteiger partial charge on any atom is -0.480 e. The molecule has 1 aromatic heterocycles. The van der Waals surface area contributed by atoms with Gasteiger partial charge in [0.15, 0.2) is 0 Å². The van der Waals surface area contributed by atoms with E-state index in [2.05, 4.69) is 20.8 Å². The number of rotatable bonds is 8. The average Bonchev–Trinajstić information content (AvgIpc) is 3.50. The summed E-state index contributed by atoms with van der Waals surface area (Å²) in [5.41, 5.74) is 1.19. The first-order valence-electron chi connectivity index (χ1n) is 14.9. The number of carbonyl (C=O) groups excluding carboxylic acids is 2. The molecule has 0 bridgehead atoms. The number of amides is 3. The lowest BCUT2D eigenvalue weighted by atomic mass is 10.0. The molecule has 1 fully saturated rings. The van der Waals surface area contributed by atoms with E-state index < -0.39 is 35.6 Å². The summed E-state index contributed by atoms with van der Waals surface area (Å²) in [6.45, 7) is 6.59. The topological polar surface area (TPSA) is 150 Å². The monoisotopic (exact) mass is 648 g/mol. The van der Waals surface area contributed by atoms with Gasteiger partial charge in [0.05, 0.1) is 11.3 Å². The van der Waals surface area contributed by atoms with E-state index in [1.165, 1.54) is 23.1 Å². The van der Waals surface area contributed by atoms with Gasteiger partial charge in [-0.15, -0.1) is 0 Å². The summed E-state index contributed by atoms with van der Waals surface area (Å²) < 4.78 is 39.9. The highest BCUT2D eigenvalue weighted by atomic mass is 19.1. The Morgan fingerprint density at radius 2 is 1.68 bits per heavy atom. The predicted molar refractivity (Wildman–Crippen MR) is 169 cm³/mol. The summed E-state index contributed by atoms with van der Waals surface area (Å²) in [4.78, 5) is 44.5. The molecule has 1 saturated heterocycles. The van der Waals surface area contributed by atoms with Crippen molar-refractivity contribution in [2.45, 2.75) is 38.8 Å². The molecule has 3 N–H and O–H groups in total. The molecular formula is C33H34F2N6O6. The molecule has 2 heterocycles. The van der Waals surface area contributed by atoms with Crippen molar-refractivity contribution in [3.63, 3.8) is 0 Å². The van der Waals surface area contributed by atoms with E-state index >= 15 is 4.39 Å². The van der Waals surface area contributed by atoms with Crippen molar-refractivity contribution >= 4 is 29.5 Å². The first kappa shape index (κ1) is 32.9. The molecule has 47 heavy (non-hydrogen) atoms. The third kappa shape index (κ3) is 8.39. The van der Waals surface area contributed by atoms with Gasteiger partial charge in [-0.3, -0.25) is 5.32 Å². The van der Waals surface area contributed by atoms with Crippen molar-refractivity contribution in [1.29, 1.82) is 0 Å². The van der Waals surface area contributed by atoms with Crippen LogP contribution in [0.4, 0.5) is 29.7 Å². The number of anilines is 2. The van der Waals surface area contributed by atoms with E-state index in [0.29, 0.717) is 35.6 Å². The maximum absolute atomic E-state index is 15.2. The molecule has 1 atom stereocenters. The average molecular weight is 649 g/mol. The summed E-state index contributed by atoms with van der Waals surface area (Å²) in [5.74, 6) is -2.22. The minimum atomic E-state index is -1.32. The fraction of sp³-hybridized carbons (Fsp3) is 0.303. The van der Waals surface area contributed by atoms with Crippen LogP contribution in [-0.4, -0.2) is 76.1 Å². The van der Waals surface area contributed by atoms with Gasteiger partial charge in [0.1, 0.15) is 23.3 Å². The van der Waals surface area contributed by atoms with Gasteiger partial charge in [0.2, 0.25) is 5.82 Å². The van der Waals surface area contributed by atoms with Crippen molar-refractivity contribution in [3.05, 3.63) is 83.9 Å². The maximum Gasteiger partial charge on any atom is 0.412 e. The van der Waals surface area contributed by atoms with Crippen LogP contribution < -0.4 is 15.5 Å². The standard InChI is InChI=1S/C33H34F2N6O6/c1-33(2,3)46-32(45)36-22-11-9-21(10-12-22)29-38-28(39-47-29)23-13-8-20(18-25(23)35)19-26(30(42)43)37-31(44)41-16-14-40(15-17-41)27-7-5-4-6-24(27)34/h4-13,18,26H,14-17,19H2,1-3H3,(H,36,45)(H,37,44)(H,42,43). The van der Waals surface area contributed by atoms with Crippen molar-refractivity contribution in [1.82, 2.24) is 20.4 Å². The Balaban J connectivity index is 1.18. The van der Waals surface area contributed by atoms with E-state index in [0.717, 1.165) is 6.07 Å². The van der Waals surface area contributed by atoms with Crippen LogP contribution in [0.15, 0.2) is 71.3 Å². The highest BCUT2D eigenvalue weighted by molar-refractivity contribution is 5.85. The quantitative estimate of drug-likeness (QED) is 0.223. The number of hydrogen-bond acceptors (Lipinski definition) is 8. The van der Waals surface area contributed by atoms with Gasteiger partial charge < -0.3 is 29.5 Å². The number of para-hydroxylation sites is 1. The number of aliphatic carboxylic acids is 1. The van der Waals surface area contributed by atoms with Crippen LogP contribution in [0.3, 0.4) is 0 Å². The molecule has 5 rings (SSSR count). The molecule has 1 aliphatic rings. The summed E-state index contributed by atoms with van der Waals surface area (Å²) in [6, 6.07) is 15.1. The molecular weight excluding hydrogens is 614 g/mol. The fourth-order valence-corrected chi connectivity index (χ4v) is 4.97. The molecule has 246 valence electrons. The van der Waals surface area contributed by atoms with Crippen molar-refractivity contribution in [3.8, 4) is 22.8 Å². The van der Waals surface area contributed by atoms with E-state index in [-0.39, 0.29) is 42.6 Å². The Morgan fingerprint density at radius 1 is 0.979 bits per heavy atom. The van der Waals surface area contributed by atoms with E-state index in [4.69, 9.17) is 9.26 Å². The second-order valence-corrected chi connectivity index (χ2v) is 11.9. The van der Waals surface area contributed by atoms with Crippen LogP contribution in [0.1, 0.15) is 26.3 Å². The highest BCUT2D eigenvalue weighted by Gasteiger charge is 2.27. The number of carboxylic acid groups (broad SMARTS) is 1. The summed E-state index contributed by atoms with van der Waals surface area (Å²) in [7, 11) is 0. The van der Waals surface area contributed by atoms with Crippen molar-refractivity contribution in [2.75, 3.05) is 36.4 Å². The number of ether oxygens (including phenoxy) is 1. The molecule has 0 spiro atoms. The fourth-order valence-electron chi connectivity index (χ4n) is 4.97. The van der Waals surface area contributed by atoms with Gasteiger partial charge in [0.25, 0.3) is 5.89 Å². The Labute approximate surface area is 269 Å². The number of carbonyl (C=O) groups is 3. The summed E-state index contributed by atoms with van der Waals surface area (Å²) >= 11 is 0. The van der Waals surface area contributed by atoms with Crippen LogP contribution in [0.25, 0.3) is 22.8 Å². The number of urea groups is 1. The molecule has 4 aromatic rings. The lowest BCUT2D eigenvalue weighted by Gasteiger charge is -2.36. The third-order valence-electron chi connectivity index (χ3n) is 7.27. The number of nitrogens with one attached hydrogen (secondary N) is 2. The van der Waals surface area contributed by atoms with Gasteiger partial charge in [-0.1, -0.05) is 23.4 Å². The Hall–Kier alpha value is -5.53. The largest absolute Gasteiger partial charge is 0.480 e. The van der Waals surface area contributed by atoms with Gasteiger partial charge in [-0.05, 0) is 74.9 Å². The number of benzene rings is 3. The zero-order chi connectivity index (χ0) is 33.7. The molecule has 3 aromatic carbocycles. The number of hydrogen-bond donors (Lipinski definition) is 3. The highest BCUT2D eigenvalue weighted by Crippen LogP contribution is 2.27. The summed E-state index contributed by atoms with van der Waals surface area (Å²) in [6.07, 6.45) is -0.771. The van der Waals surface area contributed by atoms with Gasteiger partial charge in [-0.2, -0.15) is 4.98 Å². The second-order valence-electron chi connectivity index (χ2n) is 11.9. The minimum absolute atomic E-state index is 0.0161. The van der Waals surface area contributed by atoms with E-state index in [1.807, 2.05) is 4.90 Å². The number of piperazine rings is 1. The lowest BCUT2D eigenvalue weighted by Crippen LogP contribution is -2.55. The zero-order valence-electron chi connectivity index (χ0n) is 26.0. The van der Waals surface area contributed by atoms with Crippen LogP contribution in [-0.2, 0) is 16.0 Å². The van der Waals surface area contributed by atoms with Crippen molar-refractivity contribution in [2.24, 2.45) is 0 Å². The molecule has 12 nitrogen and oxygen atoms in total. The van der Waals surface area contributed by atoms with Crippen LogP contribution >= 0.6 is 0 Å². The van der Waals surface area contributed by atoms with Crippen LogP contribution in [0, 0.1) is 11.6 Å². The smallest absolute Gasteiger partial charge is 0.412 e. The Kier molecular flexibility index (Phi) is 9.68. The zero-order valence-corrected chi connectivity index (χ0v) is 26.0. The molecule has 0 radical (unpaired) electrons. The van der Waals surface area contributed by atoms with Gasteiger partial charge in [-0.25, -0.2) is 23.2 Å². The molecule has 1 aliphatic heterocycles. The molecule has 3 amide bonds. The maximum atomic E-state index is 15.2. The van der Waals surface area contributed by atoms with Crippen molar-refractivity contribution < 1.29 is 37.5 Å². The van der Waals surface area contributed by atoms with E-state index in [9.17, 15) is 23.9 Å². The first-order valence-corrected chi connectivity index (χ1v) is 14.9. The van der Waals surface area contributed by atoms with Gasteiger partial charge in [0, 0.05) is 43.9 Å². The normalized spacial score (nSPS) is 14.0. The second kappa shape index (κ2) is 13.8. The molecule has 0 aliphatic carbocycles. The molecule has 14 heteroatoms. The predicted octanol–water partition coefficient (Wildman–Crippen LogP) is 5.56. The third-order valence-corrected chi connectivity index (χ3v) is 7.27.